The lowest BCUT2D eigenvalue weighted by Crippen LogP contribution is -2.31. The summed E-state index contributed by atoms with van der Waals surface area (Å²) in [6, 6.07) is 15.0. The summed E-state index contributed by atoms with van der Waals surface area (Å²) in [5, 5.41) is 13.0. The Morgan fingerprint density at radius 3 is 2.85 bits per heavy atom. The molecule has 1 unspecified atom stereocenters. The van der Waals surface area contributed by atoms with E-state index < -0.39 is 5.54 Å². The number of nitrogens with one attached hydrogen (secondary N) is 1. The van der Waals surface area contributed by atoms with E-state index in [-0.39, 0.29) is 5.82 Å². The molecule has 2 aromatic carbocycles. The van der Waals surface area contributed by atoms with Crippen molar-refractivity contribution in [3.63, 3.8) is 0 Å². The van der Waals surface area contributed by atoms with Gasteiger partial charge in [0.1, 0.15) is 5.82 Å². The third-order valence-electron chi connectivity index (χ3n) is 3.86. The van der Waals surface area contributed by atoms with Crippen molar-refractivity contribution in [3.05, 3.63) is 65.0 Å². The maximum atomic E-state index is 13.3. The van der Waals surface area contributed by atoms with Gasteiger partial charge < -0.3 is 5.32 Å². The Labute approximate surface area is 117 Å². The Bertz CT molecular complexity index is 702. The molecule has 0 radical (unpaired) electrons. The predicted molar refractivity (Wildman–Crippen MR) is 76.8 cm³/mol. The zero-order chi connectivity index (χ0) is 14.2. The molecule has 2 aromatic rings. The third kappa shape index (κ3) is 2.04. The highest BCUT2D eigenvalue weighted by molar-refractivity contribution is 5.56. The van der Waals surface area contributed by atoms with Crippen molar-refractivity contribution < 1.29 is 4.39 Å². The monoisotopic (exact) mass is 266 g/mol. The molecule has 1 aliphatic rings. The van der Waals surface area contributed by atoms with E-state index in [1.807, 2.05) is 31.2 Å². The van der Waals surface area contributed by atoms with Crippen LogP contribution < -0.4 is 5.32 Å². The molecular formula is C17H15FN2. The first kappa shape index (κ1) is 12.7. The first-order chi connectivity index (χ1) is 9.63. The van der Waals surface area contributed by atoms with Gasteiger partial charge in [0.05, 0.1) is 6.07 Å². The van der Waals surface area contributed by atoms with Gasteiger partial charge in [-0.15, -0.1) is 0 Å². The van der Waals surface area contributed by atoms with E-state index in [1.54, 1.807) is 6.07 Å². The summed E-state index contributed by atoms with van der Waals surface area (Å²) in [6.07, 6.45) is 1.38. The van der Waals surface area contributed by atoms with Crippen LogP contribution in [0.4, 0.5) is 10.1 Å². The number of benzene rings is 2. The second-order valence-corrected chi connectivity index (χ2v) is 5.31. The van der Waals surface area contributed by atoms with Crippen LogP contribution in [0.2, 0.25) is 0 Å². The molecule has 0 aliphatic heterocycles. The number of halogens is 1. The van der Waals surface area contributed by atoms with E-state index in [0.717, 1.165) is 28.8 Å². The normalized spacial score (nSPS) is 20.2. The van der Waals surface area contributed by atoms with Gasteiger partial charge in [-0.25, -0.2) is 4.39 Å². The summed E-state index contributed by atoms with van der Waals surface area (Å²) in [6.45, 7) is 2.02. The Morgan fingerprint density at radius 1 is 1.25 bits per heavy atom. The molecule has 3 rings (SSSR count). The molecule has 2 nitrogen and oxygen atoms in total. The van der Waals surface area contributed by atoms with Gasteiger partial charge in [-0.1, -0.05) is 18.2 Å². The molecule has 1 aliphatic carbocycles. The molecule has 1 N–H and O–H groups in total. The first-order valence-electron chi connectivity index (χ1n) is 6.68. The molecule has 20 heavy (non-hydrogen) atoms. The van der Waals surface area contributed by atoms with Crippen LogP contribution >= 0.6 is 0 Å². The summed E-state index contributed by atoms with van der Waals surface area (Å²) >= 11 is 0. The van der Waals surface area contributed by atoms with Gasteiger partial charge in [-0.05, 0) is 60.7 Å². The highest BCUT2D eigenvalue weighted by Crippen LogP contribution is 2.39. The fourth-order valence-electron chi connectivity index (χ4n) is 2.89. The van der Waals surface area contributed by atoms with Crippen LogP contribution in [0.5, 0.6) is 0 Å². The van der Waals surface area contributed by atoms with Gasteiger partial charge in [-0.3, -0.25) is 0 Å². The molecular weight excluding hydrogens is 251 g/mol. The van der Waals surface area contributed by atoms with Crippen molar-refractivity contribution in [3.8, 4) is 6.07 Å². The standard InChI is InChI=1S/C17H15FN2/c1-12-3-2-4-15(9-12)20-17(11-19)8-7-13-10-14(18)5-6-16(13)17/h2-6,9-10,20H,7-8H2,1H3. The van der Waals surface area contributed by atoms with Crippen molar-refractivity contribution in [1.82, 2.24) is 0 Å². The van der Waals surface area contributed by atoms with Crippen LogP contribution in [0.3, 0.4) is 0 Å². The number of hydrogen-bond donors (Lipinski definition) is 1. The zero-order valence-corrected chi connectivity index (χ0v) is 11.3. The second kappa shape index (κ2) is 4.64. The second-order valence-electron chi connectivity index (χ2n) is 5.31. The predicted octanol–water partition coefficient (Wildman–Crippen LogP) is 3.91. The van der Waals surface area contributed by atoms with Crippen molar-refractivity contribution in [2.24, 2.45) is 0 Å². The summed E-state index contributed by atoms with van der Waals surface area (Å²) in [5.41, 5.74) is 3.12. The minimum absolute atomic E-state index is 0.243. The molecule has 0 spiro atoms. The molecule has 0 heterocycles. The van der Waals surface area contributed by atoms with Gasteiger partial charge in [0.25, 0.3) is 0 Å². The number of fused-ring (bicyclic) bond motifs is 1. The van der Waals surface area contributed by atoms with Crippen molar-refractivity contribution in [2.75, 3.05) is 5.32 Å². The molecule has 3 heteroatoms. The van der Waals surface area contributed by atoms with Crippen LogP contribution in [-0.4, -0.2) is 0 Å². The average molecular weight is 266 g/mol. The summed E-state index contributed by atoms with van der Waals surface area (Å²) < 4.78 is 13.3. The lowest BCUT2D eigenvalue weighted by Gasteiger charge is -2.25. The molecule has 0 saturated carbocycles. The van der Waals surface area contributed by atoms with Crippen LogP contribution in [-0.2, 0) is 12.0 Å². The van der Waals surface area contributed by atoms with Crippen LogP contribution in [0.15, 0.2) is 42.5 Å². The van der Waals surface area contributed by atoms with Gasteiger partial charge in [0.15, 0.2) is 5.54 Å². The minimum Gasteiger partial charge on any atom is -0.364 e. The van der Waals surface area contributed by atoms with E-state index in [9.17, 15) is 9.65 Å². The van der Waals surface area contributed by atoms with Crippen LogP contribution in [0.1, 0.15) is 23.1 Å². The Balaban J connectivity index is 2.01. The number of rotatable bonds is 2. The van der Waals surface area contributed by atoms with Crippen LogP contribution in [0, 0.1) is 24.1 Å². The van der Waals surface area contributed by atoms with Crippen molar-refractivity contribution in [2.45, 2.75) is 25.3 Å². The van der Waals surface area contributed by atoms with Crippen LogP contribution in [0.25, 0.3) is 0 Å². The van der Waals surface area contributed by atoms with E-state index in [0.29, 0.717) is 6.42 Å². The number of hydrogen-bond acceptors (Lipinski definition) is 2. The zero-order valence-electron chi connectivity index (χ0n) is 11.3. The third-order valence-corrected chi connectivity index (χ3v) is 3.86. The molecule has 0 saturated heterocycles. The number of aryl methyl sites for hydroxylation is 2. The summed E-state index contributed by atoms with van der Waals surface area (Å²) in [5.74, 6) is -0.243. The highest BCUT2D eigenvalue weighted by Gasteiger charge is 2.39. The van der Waals surface area contributed by atoms with Gasteiger partial charge in [0.2, 0.25) is 0 Å². The average Bonchev–Trinajstić information content (AvgIpc) is 2.77. The lowest BCUT2D eigenvalue weighted by molar-refractivity contribution is 0.618. The number of anilines is 1. The topological polar surface area (TPSA) is 35.8 Å². The Kier molecular flexibility index (Phi) is 2.94. The molecule has 0 amide bonds. The summed E-state index contributed by atoms with van der Waals surface area (Å²) in [7, 11) is 0. The molecule has 1 atom stereocenters. The maximum absolute atomic E-state index is 13.3. The van der Waals surface area contributed by atoms with Crippen molar-refractivity contribution >= 4 is 5.69 Å². The van der Waals surface area contributed by atoms with Gasteiger partial charge in [0, 0.05) is 5.69 Å². The minimum atomic E-state index is -0.753. The van der Waals surface area contributed by atoms with E-state index in [4.69, 9.17) is 0 Å². The number of nitriles is 1. The lowest BCUT2D eigenvalue weighted by atomic mass is 9.93. The van der Waals surface area contributed by atoms with Gasteiger partial charge in [-0.2, -0.15) is 5.26 Å². The fourth-order valence-corrected chi connectivity index (χ4v) is 2.89. The molecule has 0 aromatic heterocycles. The van der Waals surface area contributed by atoms with Crippen molar-refractivity contribution in [1.29, 1.82) is 5.26 Å². The molecule has 0 fully saturated rings. The van der Waals surface area contributed by atoms with E-state index in [2.05, 4.69) is 11.4 Å². The maximum Gasteiger partial charge on any atom is 0.151 e. The SMILES string of the molecule is Cc1cccc(NC2(C#N)CCc3cc(F)ccc32)c1. The first-order valence-corrected chi connectivity index (χ1v) is 6.68. The Morgan fingerprint density at radius 2 is 2.10 bits per heavy atom. The summed E-state index contributed by atoms with van der Waals surface area (Å²) in [4.78, 5) is 0. The smallest absolute Gasteiger partial charge is 0.151 e. The number of nitrogens with zero attached hydrogens (tertiary/aromatic N) is 1. The molecule has 100 valence electrons. The quantitative estimate of drug-likeness (QED) is 0.894. The van der Waals surface area contributed by atoms with E-state index >= 15 is 0 Å². The highest BCUT2D eigenvalue weighted by atomic mass is 19.1. The molecule has 0 bridgehead atoms. The van der Waals surface area contributed by atoms with E-state index in [1.165, 1.54) is 12.1 Å². The Hall–Kier alpha value is -2.34. The van der Waals surface area contributed by atoms with Gasteiger partial charge >= 0.3 is 0 Å². The largest absolute Gasteiger partial charge is 0.364 e. The fraction of sp³-hybridized carbons (Fsp3) is 0.235.